The number of rotatable bonds is 2. The van der Waals surface area contributed by atoms with E-state index in [1.165, 1.54) is 0 Å². The summed E-state index contributed by atoms with van der Waals surface area (Å²) in [5.41, 5.74) is 1.68. The van der Waals surface area contributed by atoms with Crippen molar-refractivity contribution in [3.63, 3.8) is 0 Å². The molecular weight excluding hydrogens is 132 g/mol. The summed E-state index contributed by atoms with van der Waals surface area (Å²) in [5.74, 6) is 0. The van der Waals surface area contributed by atoms with Crippen molar-refractivity contribution in [1.29, 1.82) is 0 Å². The molecule has 0 bridgehead atoms. The Labute approximate surface area is 49.8 Å². The average Bonchev–Trinajstić information content (AvgIpc) is 1.65. The monoisotopic (exact) mass is 138 g/mol. The fourth-order valence-corrected chi connectivity index (χ4v) is 0.387. The highest BCUT2D eigenvalue weighted by Crippen LogP contribution is 1.92. The maximum Gasteiger partial charge on any atom is 0.275 e. The Morgan fingerprint density at radius 3 is 2.33 bits per heavy atom. The third-order valence-corrected chi connectivity index (χ3v) is 3.06. The summed E-state index contributed by atoms with van der Waals surface area (Å²) in [6.45, 7) is 3.44. The van der Waals surface area contributed by atoms with Crippen LogP contribution in [0.15, 0.2) is 12.3 Å². The topological polar surface area (TPSA) is 9.23 Å². The summed E-state index contributed by atoms with van der Waals surface area (Å²) in [6, 6.07) is 0. The Hall–Kier alpha value is 0.617. The van der Waals surface area contributed by atoms with Gasteiger partial charge in [0.15, 0.2) is 0 Å². The maximum absolute atomic E-state index is 4.48. The van der Waals surface area contributed by atoms with E-state index in [0.29, 0.717) is 0 Å². The van der Waals surface area contributed by atoms with E-state index >= 15 is 0 Å². The second-order valence-electron chi connectivity index (χ2n) is 0.732. The molecule has 6 heavy (non-hydrogen) atoms. The van der Waals surface area contributed by atoms with Gasteiger partial charge in [-0.15, -0.1) is 6.58 Å². The summed E-state index contributed by atoms with van der Waals surface area (Å²) in [5, 5.41) is 0. The Bertz CT molecular complexity index is 48.8. The lowest BCUT2D eigenvalue weighted by atomic mass is 11.3. The van der Waals surface area contributed by atoms with E-state index in [2.05, 4.69) is 35.4 Å². The van der Waals surface area contributed by atoms with Crippen LogP contribution in [0.5, 0.6) is 0 Å². The fraction of sp³-hybridized carbons (Fsp3) is 0. The van der Waals surface area contributed by atoms with Crippen molar-refractivity contribution in [2.24, 2.45) is 0 Å². The van der Waals surface area contributed by atoms with E-state index in [-0.39, 0.29) is 0 Å². The van der Waals surface area contributed by atoms with Crippen molar-refractivity contribution in [2.75, 3.05) is 0 Å². The lowest BCUT2D eigenvalue weighted by Crippen LogP contribution is -1.96. The number of thiol groups is 2. The van der Waals surface area contributed by atoms with Crippen LogP contribution in [0.25, 0.3) is 0 Å². The van der Waals surface area contributed by atoms with E-state index < -0.39 is 8.19 Å². The quantitative estimate of drug-likeness (QED) is 0.325. The molecule has 0 saturated heterocycles. The van der Waals surface area contributed by atoms with Gasteiger partial charge in [0.05, 0.1) is 0 Å². The summed E-state index contributed by atoms with van der Waals surface area (Å²) < 4.78 is 4.48. The zero-order valence-corrected chi connectivity index (χ0v) is 6.11. The van der Waals surface area contributed by atoms with E-state index in [9.17, 15) is 0 Å². The molecule has 0 rings (SSSR count). The van der Waals surface area contributed by atoms with Crippen LogP contribution in [-0.4, -0.2) is 8.19 Å². The zero-order valence-electron chi connectivity index (χ0n) is 3.16. The molecule has 0 fully saturated rings. The van der Waals surface area contributed by atoms with Gasteiger partial charge in [0, 0.05) is 0 Å². The van der Waals surface area contributed by atoms with Gasteiger partial charge in [-0.25, -0.2) is 0 Å². The van der Waals surface area contributed by atoms with Crippen LogP contribution in [-0.2, 0) is 3.87 Å². The van der Waals surface area contributed by atoms with Gasteiger partial charge in [0.25, 0.3) is 8.19 Å². The number of hydrogen-bond acceptors (Lipinski definition) is 3. The molecule has 4 heteroatoms. The fourth-order valence-electron chi connectivity index (χ4n) is 0.0430. The van der Waals surface area contributed by atoms with Crippen molar-refractivity contribution >= 4 is 33.2 Å². The zero-order chi connectivity index (χ0) is 4.99. The first kappa shape index (κ1) is 6.62. The van der Waals surface area contributed by atoms with Crippen LogP contribution < -0.4 is 0 Å². The molecule has 0 heterocycles. The van der Waals surface area contributed by atoms with Gasteiger partial charge >= 0.3 is 0 Å². The van der Waals surface area contributed by atoms with Crippen molar-refractivity contribution in [3.8, 4) is 0 Å². The van der Waals surface area contributed by atoms with Crippen LogP contribution in [0.3, 0.4) is 0 Å². The molecule has 0 aliphatic carbocycles. The lowest BCUT2D eigenvalue weighted by molar-refractivity contribution is 0.718. The van der Waals surface area contributed by atoms with Crippen molar-refractivity contribution < 1.29 is 3.87 Å². The summed E-state index contributed by atoms with van der Waals surface area (Å²) in [6.07, 6.45) is 0. The summed E-state index contributed by atoms with van der Waals surface area (Å²) in [4.78, 5) is 0. The molecule has 0 aromatic rings. The van der Waals surface area contributed by atoms with Gasteiger partial charge < -0.3 is 3.87 Å². The molecule has 0 spiro atoms. The van der Waals surface area contributed by atoms with Gasteiger partial charge in [-0.3, -0.25) is 0 Å². The largest absolute Gasteiger partial charge is 0.345 e. The predicted molar refractivity (Wildman–Crippen MR) is 36.4 cm³/mol. The summed E-state index contributed by atoms with van der Waals surface area (Å²) in [7, 11) is -1.34. The molecule has 36 valence electrons. The van der Waals surface area contributed by atoms with Crippen molar-refractivity contribution in [1.82, 2.24) is 0 Å². The van der Waals surface area contributed by atoms with Crippen LogP contribution in [0, 0.1) is 0 Å². The molecule has 0 aliphatic heterocycles. The molecule has 0 radical (unpaired) electrons. The van der Waals surface area contributed by atoms with Gasteiger partial charge in [0.2, 0.25) is 0 Å². The van der Waals surface area contributed by atoms with Crippen molar-refractivity contribution in [3.05, 3.63) is 12.3 Å². The molecular formula is C2H6OS2Si. The van der Waals surface area contributed by atoms with Gasteiger partial charge in [-0.1, -0.05) is 5.70 Å². The molecule has 0 saturated carbocycles. The molecule has 0 aliphatic rings. The average molecular weight is 138 g/mol. The van der Waals surface area contributed by atoms with Gasteiger partial charge in [-0.05, 0) is 12.9 Å². The SMILES string of the molecule is C=C[SiH](S)OS. The normalized spacial score (nSPS) is 13.7. The van der Waals surface area contributed by atoms with Crippen LogP contribution in [0.2, 0.25) is 0 Å². The Morgan fingerprint density at radius 1 is 1.83 bits per heavy atom. The van der Waals surface area contributed by atoms with Crippen LogP contribution in [0.4, 0.5) is 0 Å². The van der Waals surface area contributed by atoms with Crippen LogP contribution in [0.1, 0.15) is 0 Å². The molecule has 0 aromatic carbocycles. The highest BCUT2D eigenvalue weighted by Gasteiger charge is 1.91. The van der Waals surface area contributed by atoms with Crippen LogP contribution >= 0.6 is 25.0 Å². The third kappa shape index (κ3) is 2.83. The Balaban J connectivity index is 2.96. The molecule has 0 N–H and O–H groups in total. The smallest absolute Gasteiger partial charge is 0.275 e. The lowest BCUT2D eigenvalue weighted by Gasteiger charge is -1.91. The Morgan fingerprint density at radius 2 is 2.33 bits per heavy atom. The minimum atomic E-state index is -1.34. The highest BCUT2D eigenvalue weighted by atomic mass is 32.3. The van der Waals surface area contributed by atoms with E-state index in [1.807, 2.05) is 0 Å². The summed E-state index contributed by atoms with van der Waals surface area (Å²) >= 11 is 7.46. The van der Waals surface area contributed by atoms with E-state index in [0.717, 1.165) is 0 Å². The Kier molecular flexibility index (Phi) is 4.19. The molecule has 0 amide bonds. The van der Waals surface area contributed by atoms with Gasteiger partial charge in [0.1, 0.15) is 0 Å². The first-order valence-corrected chi connectivity index (χ1v) is 4.99. The highest BCUT2D eigenvalue weighted by molar-refractivity contribution is 8.11. The van der Waals surface area contributed by atoms with E-state index in [1.54, 1.807) is 5.70 Å². The minimum absolute atomic E-state index is 1.34. The predicted octanol–water partition coefficient (Wildman–Crippen LogP) is 0.723. The van der Waals surface area contributed by atoms with Crippen molar-refractivity contribution in [2.45, 2.75) is 0 Å². The number of hydrogen-bond donors (Lipinski definition) is 2. The molecule has 0 aromatic heterocycles. The first-order chi connectivity index (χ1) is 2.81. The third-order valence-electron chi connectivity index (χ3n) is 0.310. The van der Waals surface area contributed by atoms with Gasteiger partial charge in [-0.2, -0.15) is 12.1 Å². The standard InChI is InChI=1S/C2H6OS2Si/c1-2-6(5)3-4/h2,4-6H,1H2. The molecule has 1 atom stereocenters. The second kappa shape index (κ2) is 3.79. The molecule has 1 unspecified atom stereocenters. The maximum atomic E-state index is 4.48. The van der Waals surface area contributed by atoms with E-state index in [4.69, 9.17) is 0 Å². The minimum Gasteiger partial charge on any atom is -0.345 e. The molecule has 1 nitrogen and oxygen atoms in total. The second-order valence-corrected chi connectivity index (χ2v) is 4.35. The first-order valence-electron chi connectivity index (χ1n) is 1.42.